The molecule has 0 amide bonds. The molecule has 0 aliphatic carbocycles. The summed E-state index contributed by atoms with van der Waals surface area (Å²) >= 11 is 0. The van der Waals surface area contributed by atoms with Crippen molar-refractivity contribution in [1.82, 2.24) is 15.1 Å². The first-order valence-electron chi connectivity index (χ1n) is 6.81. The van der Waals surface area contributed by atoms with Crippen LogP contribution in [0.15, 0.2) is 30.5 Å². The molecule has 2 aromatic rings. The smallest absolute Gasteiger partial charge is 0.269 e. The molecule has 0 saturated heterocycles. The zero-order chi connectivity index (χ0) is 15.6. The summed E-state index contributed by atoms with van der Waals surface area (Å²) in [6.07, 6.45) is 1.87. The summed E-state index contributed by atoms with van der Waals surface area (Å²) in [5.41, 5.74) is 2.73. The average molecular weight is 288 g/mol. The fourth-order valence-electron chi connectivity index (χ4n) is 1.96. The van der Waals surface area contributed by atoms with Crippen LogP contribution in [0.25, 0.3) is 5.69 Å². The third kappa shape index (κ3) is 3.88. The van der Waals surface area contributed by atoms with Crippen LogP contribution in [0, 0.1) is 17.0 Å². The molecule has 0 aliphatic heterocycles. The summed E-state index contributed by atoms with van der Waals surface area (Å²) < 4.78 is 1.75. The predicted molar refractivity (Wildman–Crippen MR) is 81.5 cm³/mol. The van der Waals surface area contributed by atoms with Crippen molar-refractivity contribution < 1.29 is 4.92 Å². The molecule has 2 rings (SSSR count). The van der Waals surface area contributed by atoms with Crippen LogP contribution < -0.4 is 5.32 Å². The number of non-ortho nitro benzene ring substituents is 1. The van der Waals surface area contributed by atoms with Gasteiger partial charge in [-0.2, -0.15) is 5.10 Å². The maximum absolute atomic E-state index is 10.8. The third-order valence-corrected chi connectivity index (χ3v) is 3.08. The van der Waals surface area contributed by atoms with E-state index in [0.29, 0.717) is 6.54 Å². The Morgan fingerprint density at radius 2 is 2.05 bits per heavy atom. The van der Waals surface area contributed by atoms with Gasteiger partial charge in [-0.25, -0.2) is 4.68 Å². The third-order valence-electron chi connectivity index (χ3n) is 3.08. The predicted octanol–water partition coefficient (Wildman–Crippen LogP) is 2.98. The zero-order valence-corrected chi connectivity index (χ0v) is 12.8. The summed E-state index contributed by atoms with van der Waals surface area (Å²) in [5, 5.41) is 18.6. The Bertz CT molecular complexity index is 656. The van der Waals surface area contributed by atoms with E-state index in [1.165, 1.54) is 6.07 Å². The van der Waals surface area contributed by atoms with Gasteiger partial charge in [-0.3, -0.25) is 10.1 Å². The molecular weight excluding hydrogens is 268 g/mol. The fourth-order valence-corrected chi connectivity index (χ4v) is 1.96. The molecule has 0 spiro atoms. The maximum Gasteiger partial charge on any atom is 0.269 e. The highest BCUT2D eigenvalue weighted by atomic mass is 16.6. The highest BCUT2D eigenvalue weighted by molar-refractivity contribution is 5.47. The maximum atomic E-state index is 10.8. The van der Waals surface area contributed by atoms with Crippen LogP contribution in [-0.2, 0) is 6.54 Å². The molecule has 1 aromatic heterocycles. The summed E-state index contributed by atoms with van der Waals surface area (Å²) in [6.45, 7) is 8.83. The van der Waals surface area contributed by atoms with Gasteiger partial charge in [0.25, 0.3) is 5.69 Å². The first-order valence-corrected chi connectivity index (χ1v) is 6.81. The molecule has 0 aliphatic rings. The van der Waals surface area contributed by atoms with Crippen LogP contribution in [0.3, 0.4) is 0 Å². The second-order valence-corrected chi connectivity index (χ2v) is 6.08. The van der Waals surface area contributed by atoms with Crippen LogP contribution >= 0.6 is 0 Å². The Labute approximate surface area is 123 Å². The molecule has 1 aromatic carbocycles. The zero-order valence-electron chi connectivity index (χ0n) is 12.8. The molecule has 6 heteroatoms. The Morgan fingerprint density at radius 3 is 2.62 bits per heavy atom. The minimum absolute atomic E-state index is 0.0348. The standard InChI is InChI=1S/C15H20N4O2/c1-11-9-13(19(20)21)5-6-14(11)18-8-7-12(17-18)10-16-15(2,3)4/h5-9,16H,10H2,1-4H3. The van der Waals surface area contributed by atoms with Crippen molar-refractivity contribution >= 4 is 5.69 Å². The van der Waals surface area contributed by atoms with Gasteiger partial charge in [-0.1, -0.05) is 0 Å². The van der Waals surface area contributed by atoms with Gasteiger partial charge < -0.3 is 5.32 Å². The quantitative estimate of drug-likeness (QED) is 0.693. The second-order valence-electron chi connectivity index (χ2n) is 6.08. The fraction of sp³-hybridized carbons (Fsp3) is 0.400. The van der Waals surface area contributed by atoms with Gasteiger partial charge in [0, 0.05) is 30.4 Å². The number of nitro groups is 1. The molecule has 112 valence electrons. The molecule has 0 fully saturated rings. The SMILES string of the molecule is Cc1cc([N+](=O)[O-])ccc1-n1ccc(CNC(C)(C)C)n1. The number of nitrogens with one attached hydrogen (secondary N) is 1. The lowest BCUT2D eigenvalue weighted by Crippen LogP contribution is -2.35. The largest absolute Gasteiger partial charge is 0.306 e. The summed E-state index contributed by atoms with van der Waals surface area (Å²) in [6, 6.07) is 6.72. The van der Waals surface area contributed by atoms with E-state index < -0.39 is 4.92 Å². The van der Waals surface area contributed by atoms with Crippen LogP contribution in [0.1, 0.15) is 32.0 Å². The van der Waals surface area contributed by atoms with E-state index in [1.807, 2.05) is 19.2 Å². The molecule has 1 heterocycles. The summed E-state index contributed by atoms with van der Waals surface area (Å²) in [7, 11) is 0. The van der Waals surface area contributed by atoms with E-state index in [9.17, 15) is 10.1 Å². The van der Waals surface area contributed by atoms with Crippen molar-refractivity contribution in [2.45, 2.75) is 39.8 Å². The first kappa shape index (κ1) is 15.2. The molecule has 0 radical (unpaired) electrons. The highest BCUT2D eigenvalue weighted by Gasteiger charge is 2.12. The molecule has 21 heavy (non-hydrogen) atoms. The second kappa shape index (κ2) is 5.65. The number of aryl methyl sites for hydroxylation is 1. The van der Waals surface area contributed by atoms with Crippen molar-refractivity contribution in [2.75, 3.05) is 0 Å². The van der Waals surface area contributed by atoms with Gasteiger partial charge in [0.1, 0.15) is 0 Å². The lowest BCUT2D eigenvalue weighted by atomic mass is 10.1. The monoisotopic (exact) mass is 288 g/mol. The van der Waals surface area contributed by atoms with Crippen LogP contribution in [0.2, 0.25) is 0 Å². The summed E-state index contributed by atoms with van der Waals surface area (Å²) in [5.74, 6) is 0. The van der Waals surface area contributed by atoms with Gasteiger partial charge in [-0.05, 0) is 45.4 Å². The van der Waals surface area contributed by atoms with Crippen molar-refractivity contribution in [1.29, 1.82) is 0 Å². The summed E-state index contributed by atoms with van der Waals surface area (Å²) in [4.78, 5) is 10.4. The van der Waals surface area contributed by atoms with Gasteiger partial charge in [-0.15, -0.1) is 0 Å². The molecule has 6 nitrogen and oxygen atoms in total. The Morgan fingerprint density at radius 1 is 1.33 bits per heavy atom. The molecule has 0 unspecified atom stereocenters. The molecule has 0 saturated carbocycles. The van der Waals surface area contributed by atoms with E-state index in [0.717, 1.165) is 16.9 Å². The molecule has 0 bridgehead atoms. The number of nitrogens with zero attached hydrogens (tertiary/aromatic N) is 3. The van der Waals surface area contributed by atoms with Crippen molar-refractivity contribution in [3.8, 4) is 5.69 Å². The lowest BCUT2D eigenvalue weighted by molar-refractivity contribution is -0.384. The van der Waals surface area contributed by atoms with Crippen LogP contribution in [0.5, 0.6) is 0 Å². The van der Waals surface area contributed by atoms with E-state index in [-0.39, 0.29) is 11.2 Å². The normalized spacial score (nSPS) is 11.6. The van der Waals surface area contributed by atoms with Crippen LogP contribution in [-0.4, -0.2) is 20.2 Å². The van der Waals surface area contributed by atoms with E-state index in [2.05, 4.69) is 31.2 Å². The van der Waals surface area contributed by atoms with E-state index >= 15 is 0 Å². The lowest BCUT2D eigenvalue weighted by Gasteiger charge is -2.19. The number of rotatable bonds is 4. The Kier molecular flexibility index (Phi) is 4.09. The molecule has 1 N–H and O–H groups in total. The minimum Gasteiger partial charge on any atom is -0.306 e. The number of hydrogen-bond acceptors (Lipinski definition) is 4. The van der Waals surface area contributed by atoms with Gasteiger partial charge in [0.15, 0.2) is 0 Å². The minimum atomic E-state index is -0.390. The van der Waals surface area contributed by atoms with Crippen molar-refractivity contribution in [3.05, 3.63) is 51.8 Å². The van der Waals surface area contributed by atoms with Gasteiger partial charge in [0.05, 0.1) is 16.3 Å². The van der Waals surface area contributed by atoms with Gasteiger partial charge in [0.2, 0.25) is 0 Å². The Hall–Kier alpha value is -2.21. The van der Waals surface area contributed by atoms with Gasteiger partial charge >= 0.3 is 0 Å². The number of nitro benzene ring substituents is 1. The average Bonchev–Trinajstić information content (AvgIpc) is 2.84. The number of aromatic nitrogens is 2. The van der Waals surface area contributed by atoms with E-state index in [4.69, 9.17) is 0 Å². The van der Waals surface area contributed by atoms with Crippen molar-refractivity contribution in [3.63, 3.8) is 0 Å². The van der Waals surface area contributed by atoms with E-state index in [1.54, 1.807) is 16.8 Å². The first-order chi connectivity index (χ1) is 9.76. The number of benzene rings is 1. The molecule has 0 atom stereocenters. The topological polar surface area (TPSA) is 73.0 Å². The van der Waals surface area contributed by atoms with Crippen molar-refractivity contribution in [2.24, 2.45) is 0 Å². The number of hydrogen-bond donors (Lipinski definition) is 1. The Balaban J connectivity index is 2.20. The highest BCUT2D eigenvalue weighted by Crippen LogP contribution is 2.20. The van der Waals surface area contributed by atoms with Crippen LogP contribution in [0.4, 0.5) is 5.69 Å². The molecular formula is C15H20N4O2.